The van der Waals surface area contributed by atoms with Gasteiger partial charge in [0.1, 0.15) is 5.82 Å². The lowest BCUT2D eigenvalue weighted by molar-refractivity contribution is -0.123. The molecule has 0 bridgehead atoms. The molecule has 0 saturated carbocycles. The number of nitrogens with one attached hydrogen (secondary N) is 2. The molecule has 2 N–H and O–H groups in total. The number of hydrogen-bond donors (Lipinski definition) is 2. The van der Waals surface area contributed by atoms with Crippen molar-refractivity contribution < 1.29 is 9.53 Å². The average molecular weight is 308 g/mol. The van der Waals surface area contributed by atoms with E-state index in [0.29, 0.717) is 30.5 Å². The van der Waals surface area contributed by atoms with E-state index in [9.17, 15) is 4.79 Å². The number of carbonyl (C=O) groups excluding carboxylic acids is 1. The fourth-order valence-electron chi connectivity index (χ4n) is 2.60. The predicted octanol–water partition coefficient (Wildman–Crippen LogP) is 2.65. The Morgan fingerprint density at radius 1 is 1.52 bits per heavy atom. The lowest BCUT2D eigenvalue weighted by atomic mass is 9.98. The number of hydrogen-bond acceptors (Lipinski definition) is 3. The number of nitrogens with zero attached hydrogens (tertiary/aromatic N) is 1. The van der Waals surface area contributed by atoms with Crippen LogP contribution in [0.1, 0.15) is 25.1 Å². The normalized spacial score (nSPS) is 18.8. The highest BCUT2D eigenvalue weighted by Gasteiger charge is 2.17. The number of fused-ring (bicyclic) bond motifs is 1. The topological polar surface area (TPSA) is 67.0 Å². The second-order valence-electron chi connectivity index (χ2n) is 5.41. The van der Waals surface area contributed by atoms with Gasteiger partial charge in [-0.1, -0.05) is 11.6 Å². The Kier molecular flexibility index (Phi) is 4.41. The van der Waals surface area contributed by atoms with Crippen LogP contribution in [0.3, 0.4) is 0 Å². The molecule has 5 nitrogen and oxygen atoms in total. The van der Waals surface area contributed by atoms with Gasteiger partial charge in [0, 0.05) is 24.7 Å². The molecule has 6 heteroatoms. The minimum absolute atomic E-state index is 0.0454. The van der Waals surface area contributed by atoms with Crippen molar-refractivity contribution in [2.24, 2.45) is 5.92 Å². The van der Waals surface area contributed by atoms with Crippen LogP contribution in [0, 0.1) is 5.92 Å². The molecule has 21 heavy (non-hydrogen) atoms. The van der Waals surface area contributed by atoms with Crippen LogP contribution in [0.25, 0.3) is 11.0 Å². The lowest BCUT2D eigenvalue weighted by Gasteiger charge is -2.21. The molecule has 0 radical (unpaired) electrons. The number of aromatic amines is 1. The van der Waals surface area contributed by atoms with E-state index < -0.39 is 0 Å². The van der Waals surface area contributed by atoms with Gasteiger partial charge in [-0.25, -0.2) is 4.98 Å². The van der Waals surface area contributed by atoms with Crippen LogP contribution in [0.2, 0.25) is 5.02 Å². The summed E-state index contributed by atoms with van der Waals surface area (Å²) >= 11 is 5.93. The zero-order chi connectivity index (χ0) is 14.7. The summed E-state index contributed by atoms with van der Waals surface area (Å²) in [6, 6.07) is 5.49. The van der Waals surface area contributed by atoms with Crippen molar-refractivity contribution in [2.75, 3.05) is 13.2 Å². The number of ether oxygens (including phenoxy) is 1. The van der Waals surface area contributed by atoms with Gasteiger partial charge in [0.2, 0.25) is 5.91 Å². The summed E-state index contributed by atoms with van der Waals surface area (Å²) < 4.78 is 5.39. The molecule has 1 aliphatic heterocycles. The average Bonchev–Trinajstić information content (AvgIpc) is 2.88. The zero-order valence-electron chi connectivity index (χ0n) is 11.7. The van der Waals surface area contributed by atoms with Crippen LogP contribution in [-0.2, 0) is 16.1 Å². The molecule has 1 aliphatic rings. The summed E-state index contributed by atoms with van der Waals surface area (Å²) in [6.45, 7) is 1.91. The first kappa shape index (κ1) is 14.4. The van der Waals surface area contributed by atoms with Gasteiger partial charge in [0.25, 0.3) is 0 Å². The molecule has 1 saturated heterocycles. The first-order chi connectivity index (χ1) is 10.2. The maximum Gasteiger partial charge on any atom is 0.220 e. The Labute approximate surface area is 128 Å². The lowest BCUT2D eigenvalue weighted by Crippen LogP contribution is -2.28. The molecule has 1 aromatic heterocycles. The first-order valence-electron chi connectivity index (χ1n) is 7.19. The summed E-state index contributed by atoms with van der Waals surface area (Å²) in [7, 11) is 0. The first-order valence-corrected chi connectivity index (χ1v) is 7.57. The molecule has 0 spiro atoms. The predicted molar refractivity (Wildman–Crippen MR) is 81.1 cm³/mol. The minimum atomic E-state index is 0.0454. The van der Waals surface area contributed by atoms with Crippen LogP contribution < -0.4 is 5.32 Å². The van der Waals surface area contributed by atoms with Crippen molar-refractivity contribution in [2.45, 2.75) is 25.8 Å². The van der Waals surface area contributed by atoms with Gasteiger partial charge in [-0.05, 0) is 37.0 Å². The molecule has 1 fully saturated rings. The fourth-order valence-corrected chi connectivity index (χ4v) is 2.78. The molecular formula is C15H18ClN3O2. The third kappa shape index (κ3) is 3.74. The van der Waals surface area contributed by atoms with Gasteiger partial charge in [-0.3, -0.25) is 4.79 Å². The van der Waals surface area contributed by atoms with E-state index in [1.807, 2.05) is 12.1 Å². The van der Waals surface area contributed by atoms with Crippen molar-refractivity contribution >= 4 is 28.5 Å². The van der Waals surface area contributed by atoms with E-state index >= 15 is 0 Å². The van der Waals surface area contributed by atoms with Crippen molar-refractivity contribution in [3.05, 3.63) is 29.0 Å². The fraction of sp³-hybridized carbons (Fsp3) is 0.467. The number of H-pyrrole nitrogens is 1. The highest BCUT2D eigenvalue weighted by molar-refractivity contribution is 6.31. The van der Waals surface area contributed by atoms with Gasteiger partial charge in [0.15, 0.2) is 0 Å². The molecule has 3 rings (SSSR count). The summed E-state index contributed by atoms with van der Waals surface area (Å²) in [5, 5.41) is 3.57. The van der Waals surface area contributed by atoms with Gasteiger partial charge in [-0.15, -0.1) is 0 Å². The Bertz CT molecular complexity index is 635. The highest BCUT2D eigenvalue weighted by atomic mass is 35.5. The van der Waals surface area contributed by atoms with Gasteiger partial charge < -0.3 is 15.0 Å². The van der Waals surface area contributed by atoms with Crippen LogP contribution in [0.5, 0.6) is 0 Å². The molecular weight excluding hydrogens is 290 g/mol. The third-order valence-electron chi connectivity index (χ3n) is 3.67. The van der Waals surface area contributed by atoms with E-state index in [-0.39, 0.29) is 5.91 Å². The highest BCUT2D eigenvalue weighted by Crippen LogP contribution is 2.18. The van der Waals surface area contributed by atoms with Crippen molar-refractivity contribution in [3.8, 4) is 0 Å². The van der Waals surface area contributed by atoms with Crippen LogP contribution in [-0.4, -0.2) is 29.1 Å². The number of rotatable bonds is 4. The van der Waals surface area contributed by atoms with E-state index in [0.717, 1.165) is 36.3 Å². The standard InChI is InChI=1S/C15H18ClN3O2/c16-11-3-4-12-13(7-11)19-14(18-12)8-17-15(20)6-10-2-1-5-21-9-10/h3-4,7,10H,1-2,5-6,8-9H2,(H,17,20)(H,18,19)/t10-/m0/s1. The Hall–Kier alpha value is -1.59. The largest absolute Gasteiger partial charge is 0.381 e. The number of imidazole rings is 1. The number of benzene rings is 1. The second-order valence-corrected chi connectivity index (χ2v) is 5.85. The van der Waals surface area contributed by atoms with Crippen LogP contribution >= 0.6 is 11.6 Å². The summed E-state index contributed by atoms with van der Waals surface area (Å²) in [5.74, 6) is 1.12. The van der Waals surface area contributed by atoms with Gasteiger partial charge >= 0.3 is 0 Å². The third-order valence-corrected chi connectivity index (χ3v) is 3.91. The summed E-state index contributed by atoms with van der Waals surface area (Å²) in [4.78, 5) is 19.5. The summed E-state index contributed by atoms with van der Waals surface area (Å²) in [5.41, 5.74) is 1.73. The number of amides is 1. The van der Waals surface area contributed by atoms with Crippen LogP contribution in [0.15, 0.2) is 18.2 Å². The van der Waals surface area contributed by atoms with Crippen molar-refractivity contribution in [3.63, 3.8) is 0 Å². The SMILES string of the molecule is O=C(C[C@@H]1CCCOC1)NCc1nc2ccc(Cl)cc2[nH]1. The van der Waals surface area contributed by atoms with Crippen LogP contribution in [0.4, 0.5) is 0 Å². The Morgan fingerprint density at radius 3 is 3.24 bits per heavy atom. The number of halogens is 1. The Balaban J connectivity index is 1.54. The number of aromatic nitrogens is 2. The molecule has 112 valence electrons. The second kappa shape index (κ2) is 6.45. The van der Waals surface area contributed by atoms with E-state index in [2.05, 4.69) is 15.3 Å². The molecule has 2 aromatic rings. The minimum Gasteiger partial charge on any atom is -0.381 e. The molecule has 0 unspecified atom stereocenters. The molecule has 1 aromatic carbocycles. The van der Waals surface area contributed by atoms with E-state index in [1.54, 1.807) is 6.07 Å². The summed E-state index contributed by atoms with van der Waals surface area (Å²) in [6.07, 6.45) is 2.63. The van der Waals surface area contributed by atoms with Gasteiger partial charge in [-0.2, -0.15) is 0 Å². The molecule has 1 amide bonds. The van der Waals surface area contributed by atoms with Gasteiger partial charge in [0.05, 0.1) is 17.6 Å². The molecule has 0 aliphatic carbocycles. The monoisotopic (exact) mass is 307 g/mol. The quantitative estimate of drug-likeness (QED) is 0.912. The molecule has 1 atom stereocenters. The Morgan fingerprint density at radius 2 is 2.43 bits per heavy atom. The maximum absolute atomic E-state index is 11.9. The smallest absolute Gasteiger partial charge is 0.220 e. The van der Waals surface area contributed by atoms with E-state index in [1.165, 1.54) is 0 Å². The maximum atomic E-state index is 11.9. The zero-order valence-corrected chi connectivity index (χ0v) is 12.4. The number of carbonyl (C=O) groups is 1. The van der Waals surface area contributed by atoms with Crippen molar-refractivity contribution in [1.29, 1.82) is 0 Å². The van der Waals surface area contributed by atoms with E-state index in [4.69, 9.17) is 16.3 Å². The van der Waals surface area contributed by atoms with Crippen molar-refractivity contribution in [1.82, 2.24) is 15.3 Å². The molecule has 2 heterocycles.